The molecule has 1 heterocycles. The quantitative estimate of drug-likeness (QED) is 0.841. The Bertz CT molecular complexity index is 471. The number of halogens is 2. The first-order valence-corrected chi connectivity index (χ1v) is 6.03. The molecule has 84 valence electrons. The van der Waals surface area contributed by atoms with E-state index in [2.05, 4.69) is 17.6 Å². The molecule has 0 amide bonds. The zero-order valence-corrected chi connectivity index (χ0v) is 10.8. The van der Waals surface area contributed by atoms with E-state index in [0.29, 0.717) is 10.0 Å². The van der Waals surface area contributed by atoms with Gasteiger partial charge in [-0.3, -0.25) is 0 Å². The predicted octanol–water partition coefficient (Wildman–Crippen LogP) is 3.86. The van der Waals surface area contributed by atoms with Crippen LogP contribution < -0.4 is 0 Å². The molecule has 2 rings (SSSR count). The summed E-state index contributed by atoms with van der Waals surface area (Å²) in [6, 6.07) is 5.45. The van der Waals surface area contributed by atoms with Gasteiger partial charge in [-0.2, -0.15) is 12.6 Å². The first kappa shape index (κ1) is 11.8. The summed E-state index contributed by atoms with van der Waals surface area (Å²) in [4.78, 5) is 3.98. The SMILES string of the molecule is SC(Cn1ccnc1)c1ccc(Cl)cc1Cl. The molecule has 2 nitrogen and oxygen atoms in total. The standard InChI is InChI=1S/C11H10Cl2N2S/c12-8-1-2-9(10(13)5-8)11(16)6-15-4-3-14-7-15/h1-5,7,11,16H,6H2. The van der Waals surface area contributed by atoms with Gasteiger partial charge in [-0.05, 0) is 17.7 Å². The normalized spacial score (nSPS) is 12.7. The van der Waals surface area contributed by atoms with Crippen molar-refractivity contribution in [2.45, 2.75) is 11.8 Å². The molecular formula is C11H10Cl2N2S. The van der Waals surface area contributed by atoms with E-state index in [1.807, 2.05) is 22.9 Å². The third-order valence-corrected chi connectivity index (χ3v) is 3.27. The Balaban J connectivity index is 2.17. The van der Waals surface area contributed by atoms with E-state index in [0.717, 1.165) is 12.1 Å². The molecule has 0 aliphatic carbocycles. The number of aromatic nitrogens is 2. The first-order valence-electron chi connectivity index (χ1n) is 4.75. The molecule has 2 aromatic rings. The van der Waals surface area contributed by atoms with E-state index in [1.54, 1.807) is 18.6 Å². The van der Waals surface area contributed by atoms with Gasteiger partial charge in [0.2, 0.25) is 0 Å². The highest BCUT2D eigenvalue weighted by atomic mass is 35.5. The minimum Gasteiger partial charge on any atom is -0.336 e. The molecular weight excluding hydrogens is 263 g/mol. The fourth-order valence-corrected chi connectivity index (χ4v) is 2.49. The number of hydrogen-bond donors (Lipinski definition) is 1. The van der Waals surface area contributed by atoms with Crippen LogP contribution in [-0.4, -0.2) is 9.55 Å². The van der Waals surface area contributed by atoms with Gasteiger partial charge in [0, 0.05) is 34.2 Å². The Morgan fingerprint density at radius 2 is 2.19 bits per heavy atom. The smallest absolute Gasteiger partial charge is 0.0946 e. The molecule has 0 saturated heterocycles. The topological polar surface area (TPSA) is 17.8 Å². The lowest BCUT2D eigenvalue weighted by Gasteiger charge is -2.13. The fraction of sp³-hybridized carbons (Fsp3) is 0.182. The molecule has 0 radical (unpaired) electrons. The predicted molar refractivity (Wildman–Crippen MR) is 70.4 cm³/mol. The highest BCUT2D eigenvalue weighted by molar-refractivity contribution is 7.80. The van der Waals surface area contributed by atoms with Crippen LogP contribution in [0.3, 0.4) is 0 Å². The Hall–Kier alpha value is -0.640. The van der Waals surface area contributed by atoms with Crippen LogP contribution in [0.1, 0.15) is 10.8 Å². The largest absolute Gasteiger partial charge is 0.336 e. The van der Waals surface area contributed by atoms with E-state index in [1.165, 1.54) is 0 Å². The lowest BCUT2D eigenvalue weighted by molar-refractivity contribution is 0.686. The van der Waals surface area contributed by atoms with Crippen LogP contribution in [0.25, 0.3) is 0 Å². The van der Waals surface area contributed by atoms with Crippen LogP contribution in [0.4, 0.5) is 0 Å². The number of thiol groups is 1. The summed E-state index contributed by atoms with van der Waals surface area (Å²) in [5.74, 6) is 0. The Morgan fingerprint density at radius 1 is 1.38 bits per heavy atom. The molecule has 0 bridgehead atoms. The maximum atomic E-state index is 6.11. The van der Waals surface area contributed by atoms with Crippen molar-refractivity contribution in [3.05, 3.63) is 52.5 Å². The zero-order valence-electron chi connectivity index (χ0n) is 8.35. The van der Waals surface area contributed by atoms with Crippen LogP contribution in [0.5, 0.6) is 0 Å². The molecule has 0 fully saturated rings. The first-order chi connectivity index (χ1) is 7.66. The van der Waals surface area contributed by atoms with Crippen molar-refractivity contribution in [1.82, 2.24) is 9.55 Å². The van der Waals surface area contributed by atoms with Gasteiger partial charge < -0.3 is 4.57 Å². The van der Waals surface area contributed by atoms with Crippen molar-refractivity contribution in [2.24, 2.45) is 0 Å². The van der Waals surface area contributed by atoms with Crippen LogP contribution in [0.2, 0.25) is 10.0 Å². The van der Waals surface area contributed by atoms with Gasteiger partial charge in [-0.1, -0.05) is 29.3 Å². The van der Waals surface area contributed by atoms with Crippen molar-refractivity contribution in [3.8, 4) is 0 Å². The van der Waals surface area contributed by atoms with Gasteiger partial charge in [0.15, 0.2) is 0 Å². The van der Waals surface area contributed by atoms with Crippen LogP contribution in [0.15, 0.2) is 36.9 Å². The second-order valence-corrected chi connectivity index (χ2v) is 4.91. The lowest BCUT2D eigenvalue weighted by Crippen LogP contribution is -2.02. The van der Waals surface area contributed by atoms with E-state index in [-0.39, 0.29) is 5.25 Å². The molecule has 0 saturated carbocycles. The molecule has 16 heavy (non-hydrogen) atoms. The van der Waals surface area contributed by atoms with Crippen molar-refractivity contribution in [3.63, 3.8) is 0 Å². The number of imidazole rings is 1. The number of benzene rings is 1. The summed E-state index contributed by atoms with van der Waals surface area (Å²) in [7, 11) is 0. The molecule has 0 aliphatic heterocycles. The van der Waals surface area contributed by atoms with Gasteiger partial charge in [0.05, 0.1) is 6.33 Å². The monoisotopic (exact) mass is 272 g/mol. The molecule has 5 heteroatoms. The van der Waals surface area contributed by atoms with Crippen molar-refractivity contribution < 1.29 is 0 Å². The van der Waals surface area contributed by atoms with Crippen molar-refractivity contribution in [1.29, 1.82) is 0 Å². The summed E-state index contributed by atoms with van der Waals surface area (Å²) in [5, 5.41) is 1.31. The summed E-state index contributed by atoms with van der Waals surface area (Å²) in [6.45, 7) is 0.727. The highest BCUT2D eigenvalue weighted by Crippen LogP contribution is 2.30. The number of rotatable bonds is 3. The van der Waals surface area contributed by atoms with Crippen molar-refractivity contribution >= 4 is 35.8 Å². The third-order valence-electron chi connectivity index (χ3n) is 2.26. The van der Waals surface area contributed by atoms with Gasteiger partial charge in [-0.15, -0.1) is 0 Å². The van der Waals surface area contributed by atoms with E-state index < -0.39 is 0 Å². The fourth-order valence-electron chi connectivity index (χ4n) is 1.46. The average molecular weight is 273 g/mol. The molecule has 1 aromatic carbocycles. The maximum Gasteiger partial charge on any atom is 0.0946 e. The summed E-state index contributed by atoms with van der Waals surface area (Å²) in [6.07, 6.45) is 5.39. The van der Waals surface area contributed by atoms with Gasteiger partial charge >= 0.3 is 0 Å². The third kappa shape index (κ3) is 2.73. The Labute approximate surface area is 110 Å². The molecule has 0 N–H and O–H groups in total. The van der Waals surface area contributed by atoms with E-state index in [9.17, 15) is 0 Å². The number of nitrogens with zero attached hydrogens (tertiary/aromatic N) is 2. The lowest BCUT2D eigenvalue weighted by atomic mass is 10.1. The Kier molecular flexibility index (Phi) is 3.79. The molecule has 1 atom stereocenters. The average Bonchev–Trinajstić information content (AvgIpc) is 2.70. The minimum atomic E-state index is 0.0268. The molecule has 0 aliphatic rings. The summed E-state index contributed by atoms with van der Waals surface area (Å²) < 4.78 is 1.96. The van der Waals surface area contributed by atoms with Gasteiger partial charge in [0.1, 0.15) is 0 Å². The molecule has 1 unspecified atom stereocenters. The second-order valence-electron chi connectivity index (χ2n) is 3.44. The summed E-state index contributed by atoms with van der Waals surface area (Å²) in [5.41, 5.74) is 0.975. The van der Waals surface area contributed by atoms with Crippen LogP contribution in [-0.2, 0) is 6.54 Å². The minimum absolute atomic E-state index is 0.0268. The van der Waals surface area contributed by atoms with Gasteiger partial charge in [0.25, 0.3) is 0 Å². The summed E-state index contributed by atoms with van der Waals surface area (Å²) >= 11 is 16.5. The van der Waals surface area contributed by atoms with E-state index >= 15 is 0 Å². The Morgan fingerprint density at radius 3 is 2.81 bits per heavy atom. The van der Waals surface area contributed by atoms with Crippen LogP contribution >= 0.6 is 35.8 Å². The molecule has 0 spiro atoms. The number of hydrogen-bond acceptors (Lipinski definition) is 2. The second kappa shape index (κ2) is 5.13. The zero-order chi connectivity index (χ0) is 11.5. The van der Waals surface area contributed by atoms with Crippen LogP contribution in [0, 0.1) is 0 Å². The van der Waals surface area contributed by atoms with Gasteiger partial charge in [-0.25, -0.2) is 4.98 Å². The highest BCUT2D eigenvalue weighted by Gasteiger charge is 2.11. The van der Waals surface area contributed by atoms with Crippen molar-refractivity contribution in [2.75, 3.05) is 0 Å². The van der Waals surface area contributed by atoms with E-state index in [4.69, 9.17) is 23.2 Å². The maximum absolute atomic E-state index is 6.11. The molecule has 1 aromatic heterocycles.